The van der Waals surface area contributed by atoms with Crippen molar-refractivity contribution in [3.63, 3.8) is 0 Å². The molecule has 1 aliphatic carbocycles. The van der Waals surface area contributed by atoms with Crippen molar-refractivity contribution in [2.75, 3.05) is 26.3 Å². The van der Waals surface area contributed by atoms with Crippen molar-refractivity contribution < 1.29 is 9.53 Å². The molecular weight excluding hydrogens is 192 g/mol. The van der Waals surface area contributed by atoms with Crippen molar-refractivity contribution >= 4 is 5.91 Å². The average Bonchev–Trinajstić information content (AvgIpc) is 3.10. The van der Waals surface area contributed by atoms with E-state index in [1.807, 2.05) is 4.90 Å². The lowest BCUT2D eigenvalue weighted by atomic mass is 10.2. The summed E-state index contributed by atoms with van der Waals surface area (Å²) in [6.07, 6.45) is 3.40. The normalized spacial score (nSPS) is 26.3. The van der Waals surface area contributed by atoms with Crippen LogP contribution in [0.15, 0.2) is 0 Å². The minimum atomic E-state index is -0.106. The standard InChI is InChI=1S/C11H20N2O2/c1-2-6-13(9-3-4-9)11(14)10-8-15-7-5-12-10/h9-10,12H,2-8H2,1H3. The maximum Gasteiger partial charge on any atom is 0.242 e. The number of nitrogens with zero attached hydrogens (tertiary/aromatic N) is 1. The fourth-order valence-electron chi connectivity index (χ4n) is 2.02. The van der Waals surface area contributed by atoms with Gasteiger partial charge in [0.05, 0.1) is 13.2 Å². The van der Waals surface area contributed by atoms with Gasteiger partial charge < -0.3 is 15.0 Å². The van der Waals surface area contributed by atoms with Crippen molar-refractivity contribution in [3.8, 4) is 0 Å². The van der Waals surface area contributed by atoms with Crippen molar-refractivity contribution in [2.45, 2.75) is 38.3 Å². The van der Waals surface area contributed by atoms with E-state index in [1.165, 1.54) is 12.8 Å². The number of morpholine rings is 1. The molecule has 0 aromatic carbocycles. The van der Waals surface area contributed by atoms with Gasteiger partial charge in [-0.1, -0.05) is 6.92 Å². The van der Waals surface area contributed by atoms with Gasteiger partial charge in [0.15, 0.2) is 0 Å². The fourth-order valence-corrected chi connectivity index (χ4v) is 2.02. The number of rotatable bonds is 4. The number of hydrogen-bond acceptors (Lipinski definition) is 3. The smallest absolute Gasteiger partial charge is 0.242 e. The largest absolute Gasteiger partial charge is 0.378 e. The fraction of sp³-hybridized carbons (Fsp3) is 0.909. The van der Waals surface area contributed by atoms with Crippen LogP contribution in [-0.2, 0) is 9.53 Å². The molecule has 0 aromatic heterocycles. The molecule has 4 nitrogen and oxygen atoms in total. The summed E-state index contributed by atoms with van der Waals surface area (Å²) in [4.78, 5) is 14.2. The summed E-state index contributed by atoms with van der Waals surface area (Å²) in [6.45, 7) is 5.06. The predicted octanol–water partition coefficient (Wildman–Crippen LogP) is 0.376. The van der Waals surface area contributed by atoms with Crippen LogP contribution in [0.5, 0.6) is 0 Å². The molecule has 2 rings (SSSR count). The lowest BCUT2D eigenvalue weighted by Crippen LogP contribution is -2.53. The van der Waals surface area contributed by atoms with Gasteiger partial charge in [-0.25, -0.2) is 0 Å². The summed E-state index contributed by atoms with van der Waals surface area (Å²) in [6, 6.07) is 0.409. The Labute approximate surface area is 91.0 Å². The van der Waals surface area contributed by atoms with Crippen LogP contribution < -0.4 is 5.32 Å². The second-order valence-corrected chi connectivity index (χ2v) is 4.34. The van der Waals surface area contributed by atoms with Gasteiger partial charge in [0.25, 0.3) is 0 Å². The molecule has 1 amide bonds. The molecule has 1 heterocycles. The van der Waals surface area contributed by atoms with Gasteiger partial charge in [-0.05, 0) is 19.3 Å². The van der Waals surface area contributed by atoms with Crippen LogP contribution in [0.25, 0.3) is 0 Å². The Morgan fingerprint density at radius 3 is 2.87 bits per heavy atom. The SMILES string of the molecule is CCCN(C(=O)C1COCCN1)C1CC1. The molecule has 1 atom stereocenters. The van der Waals surface area contributed by atoms with E-state index in [0.29, 0.717) is 12.6 Å². The summed E-state index contributed by atoms with van der Waals surface area (Å²) < 4.78 is 5.32. The van der Waals surface area contributed by atoms with E-state index in [2.05, 4.69) is 12.2 Å². The first-order chi connectivity index (χ1) is 7.33. The zero-order chi connectivity index (χ0) is 10.7. The minimum absolute atomic E-state index is 0.106. The highest BCUT2D eigenvalue weighted by Gasteiger charge is 2.35. The third kappa shape index (κ3) is 2.69. The number of nitrogens with one attached hydrogen (secondary N) is 1. The summed E-state index contributed by atoms with van der Waals surface area (Å²) in [7, 11) is 0. The molecule has 0 spiro atoms. The molecule has 2 aliphatic rings. The summed E-state index contributed by atoms with van der Waals surface area (Å²) in [5, 5.41) is 3.22. The molecular formula is C11H20N2O2. The second-order valence-electron chi connectivity index (χ2n) is 4.34. The lowest BCUT2D eigenvalue weighted by molar-refractivity contribution is -0.137. The highest BCUT2D eigenvalue weighted by Crippen LogP contribution is 2.27. The van der Waals surface area contributed by atoms with Gasteiger partial charge in [0, 0.05) is 19.1 Å². The predicted molar refractivity (Wildman–Crippen MR) is 57.6 cm³/mol. The lowest BCUT2D eigenvalue weighted by Gasteiger charge is -2.29. The zero-order valence-corrected chi connectivity index (χ0v) is 9.37. The van der Waals surface area contributed by atoms with Crippen LogP contribution in [0.3, 0.4) is 0 Å². The van der Waals surface area contributed by atoms with Gasteiger partial charge in [-0.3, -0.25) is 4.79 Å². The number of carbonyl (C=O) groups excluding carboxylic acids is 1. The van der Waals surface area contributed by atoms with E-state index >= 15 is 0 Å². The maximum absolute atomic E-state index is 12.2. The van der Waals surface area contributed by atoms with Crippen LogP contribution in [0.1, 0.15) is 26.2 Å². The van der Waals surface area contributed by atoms with Gasteiger partial charge >= 0.3 is 0 Å². The molecule has 1 unspecified atom stereocenters. The molecule has 86 valence electrons. The average molecular weight is 212 g/mol. The number of amides is 1. The van der Waals surface area contributed by atoms with E-state index in [4.69, 9.17) is 4.74 Å². The summed E-state index contributed by atoms with van der Waals surface area (Å²) in [5.41, 5.74) is 0. The molecule has 0 bridgehead atoms. The molecule has 1 N–H and O–H groups in total. The van der Waals surface area contributed by atoms with E-state index in [1.54, 1.807) is 0 Å². The first-order valence-corrected chi connectivity index (χ1v) is 5.94. The third-order valence-electron chi connectivity index (χ3n) is 2.95. The molecule has 0 aromatic rings. The van der Waals surface area contributed by atoms with Crippen molar-refractivity contribution in [1.29, 1.82) is 0 Å². The molecule has 1 saturated heterocycles. The van der Waals surface area contributed by atoms with Crippen LogP contribution in [0.4, 0.5) is 0 Å². The quantitative estimate of drug-likeness (QED) is 0.732. The maximum atomic E-state index is 12.2. The highest BCUT2D eigenvalue weighted by molar-refractivity contribution is 5.82. The van der Waals surface area contributed by atoms with E-state index in [9.17, 15) is 4.79 Å². The first kappa shape index (κ1) is 10.9. The highest BCUT2D eigenvalue weighted by atomic mass is 16.5. The van der Waals surface area contributed by atoms with E-state index < -0.39 is 0 Å². The Morgan fingerprint density at radius 2 is 2.33 bits per heavy atom. The third-order valence-corrected chi connectivity index (χ3v) is 2.95. The van der Waals surface area contributed by atoms with Crippen LogP contribution in [0, 0.1) is 0 Å². The van der Waals surface area contributed by atoms with Crippen LogP contribution >= 0.6 is 0 Å². The van der Waals surface area contributed by atoms with Gasteiger partial charge in [-0.2, -0.15) is 0 Å². The Kier molecular flexibility index (Phi) is 3.59. The number of carbonyl (C=O) groups is 1. The second kappa shape index (κ2) is 4.94. The summed E-state index contributed by atoms with van der Waals surface area (Å²) in [5.74, 6) is 0.235. The van der Waals surface area contributed by atoms with Gasteiger partial charge in [0.2, 0.25) is 5.91 Å². The van der Waals surface area contributed by atoms with Crippen molar-refractivity contribution in [2.24, 2.45) is 0 Å². The van der Waals surface area contributed by atoms with Crippen LogP contribution in [0.2, 0.25) is 0 Å². The summed E-state index contributed by atoms with van der Waals surface area (Å²) >= 11 is 0. The molecule has 4 heteroatoms. The number of hydrogen-bond donors (Lipinski definition) is 1. The molecule has 0 radical (unpaired) electrons. The van der Waals surface area contributed by atoms with Crippen molar-refractivity contribution in [3.05, 3.63) is 0 Å². The Balaban J connectivity index is 1.90. The first-order valence-electron chi connectivity index (χ1n) is 5.94. The monoisotopic (exact) mass is 212 g/mol. The zero-order valence-electron chi connectivity index (χ0n) is 9.37. The Bertz CT molecular complexity index is 223. The molecule has 2 fully saturated rings. The van der Waals surface area contributed by atoms with Gasteiger partial charge in [0.1, 0.15) is 6.04 Å². The van der Waals surface area contributed by atoms with Crippen LogP contribution in [-0.4, -0.2) is 49.2 Å². The molecule has 1 saturated carbocycles. The Hall–Kier alpha value is -0.610. The Morgan fingerprint density at radius 1 is 1.53 bits per heavy atom. The topological polar surface area (TPSA) is 41.6 Å². The van der Waals surface area contributed by atoms with Crippen molar-refractivity contribution in [1.82, 2.24) is 10.2 Å². The van der Waals surface area contributed by atoms with E-state index in [-0.39, 0.29) is 11.9 Å². The van der Waals surface area contributed by atoms with E-state index in [0.717, 1.165) is 26.1 Å². The number of ether oxygens (including phenoxy) is 1. The minimum Gasteiger partial charge on any atom is -0.378 e. The molecule has 15 heavy (non-hydrogen) atoms. The molecule has 1 aliphatic heterocycles. The van der Waals surface area contributed by atoms with Gasteiger partial charge in [-0.15, -0.1) is 0 Å².